The number of allylic oxidation sites excluding steroid dienone is 1. The summed E-state index contributed by atoms with van der Waals surface area (Å²) in [7, 11) is 0. The number of likely N-dealkylation sites (tertiary alicyclic amines) is 1. The van der Waals surface area contributed by atoms with Crippen LogP contribution in [0.5, 0.6) is 0 Å². The largest absolute Gasteiger partial charge is 0.463 e. The van der Waals surface area contributed by atoms with Gasteiger partial charge in [0.1, 0.15) is 18.2 Å². The van der Waals surface area contributed by atoms with E-state index in [1.54, 1.807) is 15.9 Å². The molecule has 1 aromatic rings. The van der Waals surface area contributed by atoms with E-state index >= 15 is 0 Å². The van der Waals surface area contributed by atoms with Crippen molar-refractivity contribution >= 4 is 23.7 Å². The van der Waals surface area contributed by atoms with Crippen LogP contribution in [-0.4, -0.2) is 89.2 Å². The summed E-state index contributed by atoms with van der Waals surface area (Å²) in [5.41, 5.74) is -0.481. The number of cyclic esters (lactones) is 1. The van der Waals surface area contributed by atoms with Crippen molar-refractivity contribution in [3.05, 3.63) is 60.2 Å². The van der Waals surface area contributed by atoms with Gasteiger partial charge in [0.2, 0.25) is 17.7 Å². The molecule has 4 aliphatic rings. The van der Waals surface area contributed by atoms with Gasteiger partial charge in [-0.3, -0.25) is 19.2 Å². The lowest BCUT2D eigenvalue weighted by Crippen LogP contribution is -2.56. The van der Waals surface area contributed by atoms with Crippen LogP contribution >= 0.6 is 0 Å². The summed E-state index contributed by atoms with van der Waals surface area (Å²) in [6, 6.07) is 7.74. The molecule has 0 radical (unpaired) electrons. The van der Waals surface area contributed by atoms with E-state index in [4.69, 9.17) is 9.47 Å². The highest BCUT2D eigenvalue weighted by atomic mass is 16.5. The Morgan fingerprint density at radius 1 is 1.00 bits per heavy atom. The molecule has 43 heavy (non-hydrogen) atoms. The minimum Gasteiger partial charge on any atom is -0.463 e. The fourth-order valence-electron chi connectivity index (χ4n) is 6.84. The van der Waals surface area contributed by atoms with Crippen LogP contribution in [0.15, 0.2) is 54.6 Å². The van der Waals surface area contributed by atoms with Crippen LogP contribution in [-0.2, 0) is 28.7 Å². The molecule has 1 spiro atoms. The van der Waals surface area contributed by atoms with Crippen molar-refractivity contribution in [3.8, 4) is 0 Å². The molecule has 0 unspecified atom stereocenters. The topological polar surface area (TPSA) is 125 Å². The number of nitrogens with one attached hydrogen (secondary N) is 1. The predicted molar refractivity (Wildman–Crippen MR) is 158 cm³/mol. The van der Waals surface area contributed by atoms with Crippen LogP contribution in [0.2, 0.25) is 0 Å². The van der Waals surface area contributed by atoms with Gasteiger partial charge in [-0.1, -0.05) is 74.4 Å². The van der Waals surface area contributed by atoms with Crippen molar-refractivity contribution in [1.29, 1.82) is 0 Å². The summed E-state index contributed by atoms with van der Waals surface area (Å²) < 4.78 is 12.1. The normalized spacial score (nSPS) is 31.7. The van der Waals surface area contributed by atoms with E-state index in [0.717, 1.165) is 24.8 Å². The first-order valence-electron chi connectivity index (χ1n) is 15.6. The number of aliphatic hydroxyl groups is 1. The van der Waals surface area contributed by atoms with Crippen molar-refractivity contribution in [3.63, 3.8) is 0 Å². The Kier molecular flexibility index (Phi) is 9.97. The van der Waals surface area contributed by atoms with E-state index in [2.05, 4.69) is 12.2 Å². The molecular weight excluding hydrogens is 550 g/mol. The number of carbonyl (C=O) groups is 4. The Labute approximate surface area is 253 Å². The number of hydrogen-bond donors (Lipinski definition) is 2. The molecule has 2 saturated heterocycles. The summed E-state index contributed by atoms with van der Waals surface area (Å²) in [4.78, 5) is 58.6. The molecule has 232 valence electrons. The van der Waals surface area contributed by atoms with Gasteiger partial charge in [0.15, 0.2) is 0 Å². The van der Waals surface area contributed by atoms with E-state index in [9.17, 15) is 24.3 Å². The molecule has 0 aliphatic carbocycles. The molecule has 6 atom stereocenters. The molecule has 2 N–H and O–H groups in total. The second-order valence-electron chi connectivity index (χ2n) is 11.8. The van der Waals surface area contributed by atoms with Gasteiger partial charge in [0.25, 0.3) is 0 Å². The fraction of sp³-hybridized carbons (Fsp3) is 0.576. The number of rotatable bonds is 9. The number of amides is 3. The van der Waals surface area contributed by atoms with Crippen LogP contribution < -0.4 is 5.32 Å². The third-order valence-electron chi connectivity index (χ3n) is 9.00. The summed E-state index contributed by atoms with van der Waals surface area (Å²) in [5, 5.41) is 12.5. The van der Waals surface area contributed by atoms with E-state index in [-0.39, 0.29) is 49.9 Å². The lowest BCUT2D eigenvalue weighted by Gasteiger charge is -2.36. The van der Waals surface area contributed by atoms with Crippen LogP contribution in [0.1, 0.15) is 63.5 Å². The minimum absolute atomic E-state index is 0.0158. The van der Waals surface area contributed by atoms with Gasteiger partial charge in [0, 0.05) is 32.7 Å². The van der Waals surface area contributed by atoms with Gasteiger partial charge < -0.3 is 29.7 Å². The highest BCUT2D eigenvalue weighted by Crippen LogP contribution is 2.55. The Morgan fingerprint density at radius 3 is 2.56 bits per heavy atom. The first-order chi connectivity index (χ1) is 20.9. The van der Waals surface area contributed by atoms with Crippen molar-refractivity contribution in [2.45, 2.75) is 75.7 Å². The summed E-state index contributed by atoms with van der Waals surface area (Å²) in [6.45, 7) is 3.17. The van der Waals surface area contributed by atoms with Crippen LogP contribution in [0.3, 0.4) is 0 Å². The number of ether oxygens (including phenoxy) is 2. The van der Waals surface area contributed by atoms with Crippen LogP contribution in [0, 0.1) is 11.8 Å². The van der Waals surface area contributed by atoms with E-state index in [1.807, 2.05) is 48.6 Å². The summed E-state index contributed by atoms with van der Waals surface area (Å²) in [6.07, 6.45) is 11.2. The summed E-state index contributed by atoms with van der Waals surface area (Å²) >= 11 is 0. The number of unbranched alkanes of at least 4 members (excludes halogenated alkanes) is 3. The quantitative estimate of drug-likeness (QED) is 0.256. The molecule has 5 rings (SSSR count). The van der Waals surface area contributed by atoms with Gasteiger partial charge >= 0.3 is 5.97 Å². The molecule has 0 aromatic heterocycles. The van der Waals surface area contributed by atoms with Crippen molar-refractivity contribution in [2.75, 3.05) is 32.8 Å². The Balaban J connectivity index is 1.52. The Hall–Kier alpha value is -3.50. The minimum atomic E-state index is -1.25. The average Bonchev–Trinajstić information content (AvgIpc) is 3.65. The monoisotopic (exact) mass is 593 g/mol. The number of nitrogens with zero attached hydrogens (tertiary/aromatic N) is 2. The first kappa shape index (κ1) is 30.9. The van der Waals surface area contributed by atoms with Gasteiger partial charge in [-0.2, -0.15) is 0 Å². The lowest BCUT2D eigenvalue weighted by molar-refractivity contribution is -0.148. The number of aliphatic hydroxyl groups excluding tert-OH is 1. The van der Waals surface area contributed by atoms with Crippen LogP contribution in [0.25, 0.3) is 0 Å². The zero-order valence-corrected chi connectivity index (χ0v) is 24.9. The number of fused-ring (bicyclic) bond motifs is 2. The van der Waals surface area contributed by atoms with Gasteiger partial charge in [-0.05, 0) is 31.2 Å². The zero-order valence-electron chi connectivity index (χ0n) is 24.9. The maximum atomic E-state index is 14.4. The van der Waals surface area contributed by atoms with Gasteiger partial charge in [0.05, 0.1) is 24.0 Å². The van der Waals surface area contributed by atoms with Crippen molar-refractivity contribution in [2.24, 2.45) is 11.8 Å². The Morgan fingerprint density at radius 2 is 1.79 bits per heavy atom. The van der Waals surface area contributed by atoms with Gasteiger partial charge in [-0.15, -0.1) is 0 Å². The predicted octanol–water partition coefficient (Wildman–Crippen LogP) is 2.68. The average molecular weight is 594 g/mol. The first-order valence-corrected chi connectivity index (χ1v) is 15.6. The van der Waals surface area contributed by atoms with E-state index in [0.29, 0.717) is 32.4 Å². The molecule has 4 aliphatic heterocycles. The van der Waals surface area contributed by atoms with E-state index < -0.39 is 35.6 Å². The standard InChI is InChI=1S/C33H43N3O7/c1-2-3-9-18-35-19-10-5-8-15-26(38)42-22-24(23-13-6-4-7-14-23)34-30(39)27-25-16-17-33(43-25)28(27)31(40)36(20-11-12-21-37)29(33)32(35)41/h4-7,10,13-14,16-17,24-25,27-29,37H,2-3,8-9,11-12,15,18-22H2,1H3,(H,34,39)/b10-5-/t24-,25-,27+,28+,29-,33+/m0/s1. The number of benzene rings is 1. The highest BCUT2D eigenvalue weighted by Gasteiger charge is 2.73. The van der Waals surface area contributed by atoms with E-state index in [1.165, 1.54) is 0 Å². The highest BCUT2D eigenvalue weighted by molar-refractivity contribution is 6.00. The number of hydrogen-bond acceptors (Lipinski definition) is 7. The second-order valence-corrected chi connectivity index (χ2v) is 11.8. The summed E-state index contributed by atoms with van der Waals surface area (Å²) in [5.74, 6) is -2.96. The third-order valence-corrected chi connectivity index (χ3v) is 9.00. The SMILES string of the molecule is CCCCCN1C/C=C\CCC(=O)OC[C@@H](c2ccccc2)NC(=O)[C@@H]2[C@@H]3C=C[C@]4(O3)[C@H](C1=O)N(CCCCO)C(=O)[C@@H]24. The molecular formula is C33H43N3O7. The second kappa shape index (κ2) is 13.9. The lowest BCUT2D eigenvalue weighted by atomic mass is 9.74. The molecule has 3 amide bonds. The van der Waals surface area contributed by atoms with Gasteiger partial charge in [-0.25, -0.2) is 0 Å². The number of esters is 1. The molecule has 4 heterocycles. The smallest absolute Gasteiger partial charge is 0.306 e. The third kappa shape index (κ3) is 6.26. The molecule has 0 saturated carbocycles. The molecule has 10 heteroatoms. The number of carbonyl (C=O) groups excluding carboxylic acids is 4. The van der Waals surface area contributed by atoms with Crippen LogP contribution in [0.4, 0.5) is 0 Å². The fourth-order valence-corrected chi connectivity index (χ4v) is 6.84. The molecule has 2 fully saturated rings. The zero-order chi connectivity index (χ0) is 30.4. The maximum absolute atomic E-state index is 14.4. The molecule has 10 nitrogen and oxygen atoms in total. The van der Waals surface area contributed by atoms with Crippen molar-refractivity contribution in [1.82, 2.24) is 15.1 Å². The maximum Gasteiger partial charge on any atom is 0.306 e. The Bertz CT molecular complexity index is 1230. The molecule has 1 aromatic carbocycles. The van der Waals surface area contributed by atoms with Crippen molar-refractivity contribution < 1.29 is 33.8 Å². The molecule has 5 bridgehead atoms.